The highest BCUT2D eigenvalue weighted by Gasteiger charge is 2.06. The number of carboxylic acid groups (broad SMARTS) is 1. The van der Waals surface area contributed by atoms with Crippen LogP contribution in [0.4, 0.5) is 0 Å². The number of carbonyl (C=O) groups is 1. The highest BCUT2D eigenvalue weighted by molar-refractivity contribution is 5.67. The van der Waals surface area contributed by atoms with Crippen LogP contribution in [0.3, 0.4) is 0 Å². The van der Waals surface area contributed by atoms with Crippen LogP contribution in [-0.2, 0) is 4.79 Å². The zero-order valence-electron chi connectivity index (χ0n) is 9.10. The zero-order valence-corrected chi connectivity index (χ0v) is 9.10. The lowest BCUT2D eigenvalue weighted by Gasteiger charge is -2.09. The molecule has 0 aromatic carbocycles. The molecule has 0 aliphatic carbocycles. The third kappa shape index (κ3) is 7.80. The first-order valence-corrected chi connectivity index (χ1v) is 5.00. The Morgan fingerprint density at radius 1 is 1.29 bits per heavy atom. The summed E-state index contributed by atoms with van der Waals surface area (Å²) in [6.45, 7) is 6.33. The Morgan fingerprint density at radius 3 is 2.29 bits per heavy atom. The Hall–Kier alpha value is -0.830. The molecular formula is C11H20O3. The van der Waals surface area contributed by atoms with Crippen LogP contribution in [0.15, 0.2) is 12.2 Å². The molecule has 0 aromatic heterocycles. The molecule has 0 bridgehead atoms. The van der Waals surface area contributed by atoms with Gasteiger partial charge in [-0.15, -0.1) is 0 Å². The van der Waals surface area contributed by atoms with E-state index in [1.807, 2.05) is 6.08 Å². The number of carboxylic acids is 1. The molecule has 0 heterocycles. The summed E-state index contributed by atoms with van der Waals surface area (Å²) in [7, 11) is 0. The molecule has 0 aliphatic rings. The van der Waals surface area contributed by atoms with Gasteiger partial charge in [0.15, 0.2) is 0 Å². The van der Waals surface area contributed by atoms with Crippen LogP contribution in [0, 0.1) is 11.8 Å². The Kier molecular flexibility index (Phi) is 6.21. The van der Waals surface area contributed by atoms with E-state index in [9.17, 15) is 9.90 Å². The molecule has 0 fully saturated rings. The van der Waals surface area contributed by atoms with Gasteiger partial charge in [0.1, 0.15) is 0 Å². The Bertz CT molecular complexity index is 197. The Labute approximate surface area is 85.4 Å². The average molecular weight is 200 g/mol. The summed E-state index contributed by atoms with van der Waals surface area (Å²) in [5.41, 5.74) is 0. The van der Waals surface area contributed by atoms with Crippen molar-refractivity contribution >= 4 is 5.97 Å². The van der Waals surface area contributed by atoms with Gasteiger partial charge in [0.05, 0.1) is 12.5 Å². The van der Waals surface area contributed by atoms with Gasteiger partial charge in [-0.2, -0.15) is 0 Å². The molecule has 0 rings (SSSR count). The monoisotopic (exact) mass is 200 g/mol. The summed E-state index contributed by atoms with van der Waals surface area (Å²) in [6.07, 6.45) is 3.43. The van der Waals surface area contributed by atoms with Gasteiger partial charge in [-0.1, -0.05) is 32.9 Å². The van der Waals surface area contributed by atoms with E-state index in [0.29, 0.717) is 11.8 Å². The maximum atomic E-state index is 10.2. The molecule has 0 radical (unpaired) electrons. The molecule has 0 unspecified atom stereocenters. The smallest absolute Gasteiger partial charge is 0.306 e. The van der Waals surface area contributed by atoms with E-state index in [0.717, 1.165) is 6.42 Å². The minimum Gasteiger partial charge on any atom is -0.481 e. The lowest BCUT2D eigenvalue weighted by molar-refractivity contribution is -0.138. The number of aliphatic carboxylic acids is 1. The molecule has 2 atom stereocenters. The molecule has 3 heteroatoms. The topological polar surface area (TPSA) is 57.5 Å². The van der Waals surface area contributed by atoms with Gasteiger partial charge >= 0.3 is 5.97 Å². The summed E-state index contributed by atoms with van der Waals surface area (Å²) in [5, 5.41) is 17.6. The van der Waals surface area contributed by atoms with E-state index in [2.05, 4.69) is 20.8 Å². The quantitative estimate of drug-likeness (QED) is 0.645. The first kappa shape index (κ1) is 13.2. The van der Waals surface area contributed by atoms with Gasteiger partial charge in [-0.3, -0.25) is 4.79 Å². The molecule has 0 aliphatic heterocycles. The van der Waals surface area contributed by atoms with Crippen LogP contribution in [-0.4, -0.2) is 22.3 Å². The molecule has 0 aromatic rings. The number of aliphatic hydroxyl groups excluding tert-OH is 1. The van der Waals surface area contributed by atoms with E-state index >= 15 is 0 Å². The number of hydrogen-bond acceptors (Lipinski definition) is 2. The molecule has 0 spiro atoms. The van der Waals surface area contributed by atoms with Crippen molar-refractivity contribution in [1.82, 2.24) is 0 Å². The van der Waals surface area contributed by atoms with E-state index in [1.165, 1.54) is 0 Å². The third-order valence-electron chi connectivity index (χ3n) is 1.89. The second-order valence-corrected chi connectivity index (χ2v) is 4.16. The van der Waals surface area contributed by atoms with Crippen LogP contribution in [0.2, 0.25) is 0 Å². The fourth-order valence-electron chi connectivity index (χ4n) is 1.39. The Morgan fingerprint density at radius 2 is 1.86 bits per heavy atom. The average Bonchev–Trinajstić information content (AvgIpc) is 1.98. The van der Waals surface area contributed by atoms with Gasteiger partial charge in [-0.25, -0.2) is 0 Å². The third-order valence-corrected chi connectivity index (χ3v) is 1.89. The van der Waals surface area contributed by atoms with Crippen molar-refractivity contribution in [3.8, 4) is 0 Å². The summed E-state index contributed by atoms with van der Waals surface area (Å²) < 4.78 is 0. The maximum Gasteiger partial charge on any atom is 0.306 e. The fourth-order valence-corrected chi connectivity index (χ4v) is 1.39. The minimum absolute atomic E-state index is 0.217. The summed E-state index contributed by atoms with van der Waals surface area (Å²) >= 11 is 0. The highest BCUT2D eigenvalue weighted by atomic mass is 16.4. The lowest BCUT2D eigenvalue weighted by Crippen LogP contribution is -2.10. The van der Waals surface area contributed by atoms with Gasteiger partial charge < -0.3 is 10.2 Å². The van der Waals surface area contributed by atoms with E-state index in [1.54, 1.807) is 6.08 Å². The van der Waals surface area contributed by atoms with Crippen LogP contribution >= 0.6 is 0 Å². The van der Waals surface area contributed by atoms with Crippen LogP contribution in [0.1, 0.15) is 33.6 Å². The zero-order chi connectivity index (χ0) is 11.1. The first-order valence-electron chi connectivity index (χ1n) is 5.00. The van der Waals surface area contributed by atoms with Crippen molar-refractivity contribution in [1.29, 1.82) is 0 Å². The predicted molar refractivity (Wildman–Crippen MR) is 56.0 cm³/mol. The standard InChI is InChI=1S/C11H20O3/c1-8(2)6-9(3)4-5-10(12)7-11(13)14/h4-5,8-10,12H,6-7H2,1-3H3,(H,13,14)/b5-4-/t9-,10-/m1/s1. The summed E-state index contributed by atoms with van der Waals surface area (Å²) in [5.74, 6) is 0.0309. The van der Waals surface area contributed by atoms with Gasteiger partial charge in [0, 0.05) is 0 Å². The fraction of sp³-hybridized carbons (Fsp3) is 0.727. The second kappa shape index (κ2) is 6.60. The maximum absolute atomic E-state index is 10.2. The van der Waals surface area contributed by atoms with Crippen LogP contribution in [0.5, 0.6) is 0 Å². The summed E-state index contributed by atoms with van der Waals surface area (Å²) in [6, 6.07) is 0. The number of rotatable bonds is 6. The predicted octanol–water partition coefficient (Wildman–Crippen LogP) is 2.06. The number of aliphatic hydroxyl groups is 1. The van der Waals surface area contributed by atoms with Crippen molar-refractivity contribution in [2.75, 3.05) is 0 Å². The molecule has 3 nitrogen and oxygen atoms in total. The van der Waals surface area contributed by atoms with Crippen molar-refractivity contribution < 1.29 is 15.0 Å². The molecule has 14 heavy (non-hydrogen) atoms. The van der Waals surface area contributed by atoms with E-state index < -0.39 is 12.1 Å². The van der Waals surface area contributed by atoms with Crippen LogP contribution < -0.4 is 0 Å². The molecule has 0 saturated heterocycles. The van der Waals surface area contributed by atoms with Gasteiger partial charge in [-0.05, 0) is 18.3 Å². The molecular weight excluding hydrogens is 180 g/mol. The molecule has 82 valence electrons. The SMILES string of the molecule is CC(C)C[C@H](C)/C=C\[C@@H](O)CC(=O)O. The highest BCUT2D eigenvalue weighted by Crippen LogP contribution is 2.12. The molecule has 0 amide bonds. The van der Waals surface area contributed by atoms with Gasteiger partial charge in [0.2, 0.25) is 0 Å². The Balaban J connectivity index is 3.84. The molecule has 0 saturated carbocycles. The van der Waals surface area contributed by atoms with E-state index in [-0.39, 0.29) is 6.42 Å². The second-order valence-electron chi connectivity index (χ2n) is 4.16. The van der Waals surface area contributed by atoms with Crippen molar-refractivity contribution in [3.05, 3.63) is 12.2 Å². The lowest BCUT2D eigenvalue weighted by atomic mass is 9.98. The normalized spacial score (nSPS) is 16.1. The summed E-state index contributed by atoms with van der Waals surface area (Å²) in [4.78, 5) is 10.2. The van der Waals surface area contributed by atoms with Crippen molar-refractivity contribution in [3.63, 3.8) is 0 Å². The first-order chi connectivity index (χ1) is 6.41. The van der Waals surface area contributed by atoms with E-state index in [4.69, 9.17) is 5.11 Å². The number of allylic oxidation sites excluding steroid dienone is 1. The largest absolute Gasteiger partial charge is 0.481 e. The van der Waals surface area contributed by atoms with Crippen molar-refractivity contribution in [2.24, 2.45) is 11.8 Å². The number of hydrogen-bond donors (Lipinski definition) is 2. The molecule has 2 N–H and O–H groups in total. The van der Waals surface area contributed by atoms with Crippen LogP contribution in [0.25, 0.3) is 0 Å². The van der Waals surface area contributed by atoms with Gasteiger partial charge in [0.25, 0.3) is 0 Å². The minimum atomic E-state index is -0.973. The van der Waals surface area contributed by atoms with Crippen molar-refractivity contribution in [2.45, 2.75) is 39.7 Å².